The maximum Gasteiger partial charge on any atom is 0.410 e. The van der Waals surface area contributed by atoms with Gasteiger partial charge in [0.15, 0.2) is 8.32 Å². The van der Waals surface area contributed by atoms with E-state index in [-0.39, 0.29) is 12.5 Å². The van der Waals surface area contributed by atoms with Gasteiger partial charge in [0.1, 0.15) is 24.7 Å². The summed E-state index contributed by atoms with van der Waals surface area (Å²) < 4.78 is 49.2. The average Bonchev–Trinajstić information content (AvgIpc) is 3.23. The molecule has 3 aromatic carbocycles. The molecule has 0 aliphatic carbocycles. The van der Waals surface area contributed by atoms with E-state index >= 15 is 0 Å². The van der Waals surface area contributed by atoms with Gasteiger partial charge >= 0.3 is 6.09 Å². The van der Waals surface area contributed by atoms with E-state index in [0.717, 1.165) is 59.8 Å². The topological polar surface area (TPSA) is 97.4 Å². The van der Waals surface area contributed by atoms with Crippen LogP contribution in [0.1, 0.15) is 77.0 Å². The molecule has 0 spiro atoms. The highest BCUT2D eigenvalue weighted by molar-refractivity contribution is 6.77. The van der Waals surface area contributed by atoms with E-state index in [1.165, 1.54) is 0 Å². The minimum Gasteiger partial charge on any atom is -0.494 e. The molecule has 2 aliphatic heterocycles. The third-order valence-corrected chi connectivity index (χ3v) is 17.9. The van der Waals surface area contributed by atoms with Crippen molar-refractivity contribution in [3.63, 3.8) is 0 Å². The van der Waals surface area contributed by atoms with Crippen LogP contribution in [0.2, 0.25) is 16.6 Å². The Morgan fingerprint density at radius 3 is 2.10 bits per heavy atom. The Morgan fingerprint density at radius 1 is 0.746 bits per heavy atom. The first-order valence-electron chi connectivity index (χ1n) is 21.6. The number of rotatable bonds is 23. The highest BCUT2D eigenvalue weighted by Crippen LogP contribution is 2.42. The first-order valence-corrected chi connectivity index (χ1v) is 23.7. The van der Waals surface area contributed by atoms with Crippen LogP contribution >= 0.6 is 0 Å². The molecule has 3 aromatic rings. The van der Waals surface area contributed by atoms with Gasteiger partial charge in [-0.15, -0.1) is 0 Å². The van der Waals surface area contributed by atoms with E-state index in [9.17, 15) is 4.79 Å². The number of ether oxygens (including phenoxy) is 7. The summed E-state index contributed by atoms with van der Waals surface area (Å²) in [6.07, 6.45) is 0.535. The van der Waals surface area contributed by atoms with Crippen molar-refractivity contribution in [2.45, 2.75) is 102 Å². The van der Waals surface area contributed by atoms with Crippen LogP contribution in [0.15, 0.2) is 72.8 Å². The molecule has 11 nitrogen and oxygen atoms in total. The van der Waals surface area contributed by atoms with Crippen LogP contribution in [0.4, 0.5) is 10.5 Å². The van der Waals surface area contributed by atoms with Crippen molar-refractivity contribution in [2.24, 2.45) is 0 Å². The van der Waals surface area contributed by atoms with Crippen molar-refractivity contribution in [1.29, 1.82) is 0 Å². The predicted octanol–water partition coefficient (Wildman–Crippen LogP) is 9.24. The average molecular weight is 835 g/mol. The molecule has 0 bridgehead atoms. The lowest BCUT2D eigenvalue weighted by Gasteiger charge is -2.44. The second kappa shape index (κ2) is 23.4. The van der Waals surface area contributed by atoms with Gasteiger partial charge in [-0.1, -0.05) is 90.1 Å². The third-order valence-electron chi connectivity index (χ3n) is 11.8. The van der Waals surface area contributed by atoms with Gasteiger partial charge in [0.05, 0.1) is 64.0 Å². The standard InChI is InChI=1S/C47H70N2O9Si/c1-35(2)59(36(3)4,37(5)6)58-29-28-55-44-31-49(47(50)57-33-38-14-10-9-11-15-38)32-45(46(44)40-17-19-41(20-18-40)53-26-13-25-52-8)56-34-39-16-21-43-42(30-39)48(23-27-54-43)22-12-24-51-7/h9-11,14-21,30,35-37,44-46H,12-13,22-29,31-34H2,1-8H3/t44-,45+,46+/m1/s1. The van der Waals surface area contributed by atoms with E-state index < -0.39 is 26.6 Å². The van der Waals surface area contributed by atoms with Gasteiger partial charge in [0, 0.05) is 46.3 Å². The number of hydrogen-bond acceptors (Lipinski definition) is 10. The Kier molecular flexibility index (Phi) is 18.4. The molecule has 1 amide bonds. The third kappa shape index (κ3) is 12.7. The zero-order valence-electron chi connectivity index (χ0n) is 36.9. The molecule has 1 fully saturated rings. The number of piperidine rings is 1. The van der Waals surface area contributed by atoms with Gasteiger partial charge in [-0.2, -0.15) is 0 Å². The second-order valence-corrected chi connectivity index (χ2v) is 22.1. The maximum absolute atomic E-state index is 13.9. The van der Waals surface area contributed by atoms with Gasteiger partial charge in [-0.05, 0) is 64.0 Å². The van der Waals surface area contributed by atoms with Gasteiger partial charge in [-0.3, -0.25) is 0 Å². The number of anilines is 1. The highest BCUT2D eigenvalue weighted by Gasteiger charge is 2.45. The number of methoxy groups -OCH3 is 2. The first-order chi connectivity index (χ1) is 28.6. The molecule has 3 atom stereocenters. The van der Waals surface area contributed by atoms with Crippen LogP contribution in [0.3, 0.4) is 0 Å². The van der Waals surface area contributed by atoms with Crippen molar-refractivity contribution in [2.75, 3.05) is 84.9 Å². The minimum absolute atomic E-state index is 0.181. The molecule has 0 N–H and O–H groups in total. The van der Waals surface area contributed by atoms with E-state index in [1.54, 1.807) is 19.1 Å². The smallest absolute Gasteiger partial charge is 0.410 e. The largest absolute Gasteiger partial charge is 0.494 e. The summed E-state index contributed by atoms with van der Waals surface area (Å²) in [6, 6.07) is 24.3. The van der Waals surface area contributed by atoms with E-state index in [1.807, 2.05) is 48.5 Å². The molecule has 326 valence electrons. The lowest BCUT2D eigenvalue weighted by molar-refractivity contribution is -0.0951. The quantitative estimate of drug-likeness (QED) is 0.0680. The fraction of sp³-hybridized carbons (Fsp3) is 0.596. The van der Waals surface area contributed by atoms with E-state index in [4.69, 9.17) is 37.6 Å². The molecular formula is C47H70N2O9Si. The van der Waals surface area contributed by atoms with Crippen LogP contribution in [-0.2, 0) is 41.3 Å². The summed E-state index contributed by atoms with van der Waals surface area (Å²) >= 11 is 0. The zero-order chi connectivity index (χ0) is 42.2. The van der Waals surface area contributed by atoms with E-state index in [2.05, 4.69) is 70.7 Å². The Balaban J connectivity index is 1.41. The Morgan fingerprint density at radius 2 is 1.42 bits per heavy atom. The summed E-state index contributed by atoms with van der Waals surface area (Å²) in [6.45, 7) is 20.1. The predicted molar refractivity (Wildman–Crippen MR) is 235 cm³/mol. The molecule has 59 heavy (non-hydrogen) atoms. The Hall–Kier alpha value is -3.65. The molecule has 2 heterocycles. The molecule has 0 unspecified atom stereocenters. The normalized spacial score (nSPS) is 18.3. The number of carbonyl (C=O) groups excluding carboxylic acids is 1. The van der Waals surface area contributed by atoms with Crippen molar-refractivity contribution >= 4 is 20.1 Å². The van der Waals surface area contributed by atoms with Crippen molar-refractivity contribution in [1.82, 2.24) is 4.90 Å². The summed E-state index contributed by atoms with van der Waals surface area (Å²) in [5.41, 5.74) is 5.45. The summed E-state index contributed by atoms with van der Waals surface area (Å²) in [4.78, 5) is 18.0. The molecule has 0 aromatic heterocycles. The lowest BCUT2D eigenvalue weighted by atomic mass is 9.84. The lowest BCUT2D eigenvalue weighted by Crippen LogP contribution is -2.55. The zero-order valence-corrected chi connectivity index (χ0v) is 37.9. The van der Waals surface area contributed by atoms with Crippen LogP contribution in [-0.4, -0.2) is 112 Å². The van der Waals surface area contributed by atoms with Crippen LogP contribution in [0.25, 0.3) is 0 Å². The number of hydrogen-bond donors (Lipinski definition) is 0. The molecule has 5 rings (SSSR count). The van der Waals surface area contributed by atoms with Crippen molar-refractivity contribution in [3.8, 4) is 11.5 Å². The maximum atomic E-state index is 13.9. The summed E-state index contributed by atoms with van der Waals surface area (Å²) in [7, 11) is 1.32. The molecule has 2 aliphatic rings. The second-order valence-electron chi connectivity index (χ2n) is 16.6. The molecule has 1 saturated heterocycles. The summed E-state index contributed by atoms with van der Waals surface area (Å²) in [5, 5.41) is 0. The number of fused-ring (bicyclic) bond motifs is 1. The number of benzene rings is 3. The minimum atomic E-state index is -2.11. The van der Waals surface area contributed by atoms with Gasteiger partial charge in [-0.25, -0.2) is 4.79 Å². The van der Waals surface area contributed by atoms with Crippen molar-refractivity contribution in [3.05, 3.63) is 89.5 Å². The fourth-order valence-corrected chi connectivity index (χ4v) is 14.5. The van der Waals surface area contributed by atoms with Crippen LogP contribution in [0.5, 0.6) is 11.5 Å². The van der Waals surface area contributed by atoms with Crippen LogP contribution < -0.4 is 14.4 Å². The highest BCUT2D eigenvalue weighted by atomic mass is 28.4. The number of nitrogens with zero attached hydrogens (tertiary/aromatic N) is 2. The van der Waals surface area contributed by atoms with Crippen LogP contribution in [0, 0.1) is 0 Å². The van der Waals surface area contributed by atoms with E-state index in [0.29, 0.717) is 76.0 Å². The number of carbonyl (C=O) groups is 1. The number of amides is 1. The molecule has 0 saturated carbocycles. The molecule has 0 radical (unpaired) electrons. The Bertz CT molecular complexity index is 1650. The van der Waals surface area contributed by atoms with Gasteiger partial charge < -0.3 is 47.4 Å². The van der Waals surface area contributed by atoms with Gasteiger partial charge in [0.25, 0.3) is 0 Å². The SMILES string of the molecule is COCCCOc1ccc([C@@H]2[C@@H](OCc3ccc4c(c3)N(CCCOC)CCO4)CN(C(=O)OCc3ccccc3)C[C@H]2OCCO[Si](C(C)C)(C(C)C)C(C)C)cc1. The number of likely N-dealkylation sites (tertiary alicyclic amines) is 1. The van der Waals surface area contributed by atoms with Crippen molar-refractivity contribution < 1.29 is 42.4 Å². The Labute approximate surface area is 354 Å². The monoisotopic (exact) mass is 834 g/mol. The van der Waals surface area contributed by atoms with Gasteiger partial charge in [0.2, 0.25) is 0 Å². The fourth-order valence-electron chi connectivity index (χ4n) is 9.02. The molecular weight excluding hydrogens is 765 g/mol. The molecule has 12 heteroatoms. The first kappa shape index (κ1) is 46.4. The summed E-state index contributed by atoms with van der Waals surface area (Å²) in [5.74, 6) is 1.48.